The minimum absolute atomic E-state index is 0.562. The zero-order valence-electron chi connectivity index (χ0n) is 26.4. The third kappa shape index (κ3) is 4.69. The fourth-order valence-corrected chi connectivity index (χ4v) is 6.98. The van der Waals surface area contributed by atoms with Crippen LogP contribution in [-0.2, 0) is 0 Å². The summed E-state index contributed by atoms with van der Waals surface area (Å²) in [5, 5.41) is 32.8. The third-order valence-electron chi connectivity index (χ3n) is 9.34. The first-order valence-electron chi connectivity index (χ1n) is 16.1. The van der Waals surface area contributed by atoms with Crippen LogP contribution >= 0.6 is 0 Å². The molecule has 0 fully saturated rings. The average Bonchev–Trinajstić information content (AvgIpc) is 3.74. The third-order valence-corrected chi connectivity index (χ3v) is 9.34. The number of hydrogen-bond donors (Lipinski definition) is 0. The van der Waals surface area contributed by atoms with E-state index in [4.69, 9.17) is 8.83 Å². The number of furan rings is 2. The molecular weight excluding hydrogens is 615 g/mol. The molecular formula is C45H23N3O2. The summed E-state index contributed by atoms with van der Waals surface area (Å²) in [6.45, 7) is 0. The normalized spacial score (nSPS) is 11.1. The molecule has 50 heavy (non-hydrogen) atoms. The van der Waals surface area contributed by atoms with E-state index in [0.717, 1.165) is 88.4 Å². The predicted octanol–water partition coefficient (Wildman–Crippen LogP) is 11.8. The number of rotatable bonds is 4. The van der Waals surface area contributed by atoms with E-state index in [0.29, 0.717) is 16.7 Å². The van der Waals surface area contributed by atoms with Crippen molar-refractivity contribution < 1.29 is 8.83 Å². The SMILES string of the molecule is N#Cc1cccc(-c2c(-c3ccc4oc5ccc(C#N)cc5c4c3)cc(-c3ccccc3)cc2-c2ccc3oc4ccc(C#N)cc4c3c2)c1. The second kappa shape index (κ2) is 11.4. The molecule has 0 saturated carbocycles. The Bertz CT molecular complexity index is 2810. The van der Waals surface area contributed by atoms with Gasteiger partial charge in [0, 0.05) is 21.5 Å². The highest BCUT2D eigenvalue weighted by atomic mass is 16.3. The first kappa shape index (κ1) is 28.8. The van der Waals surface area contributed by atoms with Crippen molar-refractivity contribution in [3.05, 3.63) is 156 Å². The van der Waals surface area contributed by atoms with Crippen LogP contribution in [-0.4, -0.2) is 0 Å². The molecule has 0 aliphatic rings. The molecule has 5 nitrogen and oxygen atoms in total. The highest BCUT2D eigenvalue weighted by molar-refractivity contribution is 6.10. The van der Waals surface area contributed by atoms with Crippen LogP contribution in [0.2, 0.25) is 0 Å². The molecule has 2 heterocycles. The van der Waals surface area contributed by atoms with E-state index < -0.39 is 0 Å². The maximum Gasteiger partial charge on any atom is 0.135 e. The van der Waals surface area contributed by atoms with Gasteiger partial charge in [0.2, 0.25) is 0 Å². The highest BCUT2D eigenvalue weighted by Crippen LogP contribution is 2.46. The van der Waals surface area contributed by atoms with Crippen molar-refractivity contribution in [1.82, 2.24) is 0 Å². The van der Waals surface area contributed by atoms with Crippen LogP contribution in [0, 0.1) is 34.0 Å². The van der Waals surface area contributed by atoms with Crippen molar-refractivity contribution in [1.29, 1.82) is 15.8 Å². The van der Waals surface area contributed by atoms with Gasteiger partial charge in [0.25, 0.3) is 0 Å². The lowest BCUT2D eigenvalue weighted by atomic mass is 9.84. The summed E-state index contributed by atoms with van der Waals surface area (Å²) in [7, 11) is 0. The van der Waals surface area contributed by atoms with E-state index in [1.54, 1.807) is 12.1 Å². The van der Waals surface area contributed by atoms with Crippen LogP contribution in [0.1, 0.15) is 16.7 Å². The summed E-state index contributed by atoms with van der Waals surface area (Å²) in [6, 6.07) is 52.5. The van der Waals surface area contributed by atoms with Gasteiger partial charge in [-0.25, -0.2) is 0 Å². The Labute approximate surface area is 286 Å². The zero-order chi connectivity index (χ0) is 33.8. The van der Waals surface area contributed by atoms with Crippen molar-refractivity contribution in [3.63, 3.8) is 0 Å². The topological polar surface area (TPSA) is 97.7 Å². The monoisotopic (exact) mass is 637 g/mol. The van der Waals surface area contributed by atoms with Gasteiger partial charge in [-0.15, -0.1) is 0 Å². The lowest BCUT2D eigenvalue weighted by Crippen LogP contribution is -1.94. The number of benzene rings is 7. The zero-order valence-corrected chi connectivity index (χ0v) is 26.4. The maximum atomic E-state index is 9.93. The van der Waals surface area contributed by atoms with Crippen LogP contribution in [0.5, 0.6) is 0 Å². The minimum atomic E-state index is 0.562. The quantitative estimate of drug-likeness (QED) is 0.191. The molecule has 0 unspecified atom stereocenters. The molecule has 0 saturated heterocycles. The van der Waals surface area contributed by atoms with Crippen LogP contribution in [0.3, 0.4) is 0 Å². The fraction of sp³-hybridized carbons (Fsp3) is 0. The molecule has 9 aromatic rings. The lowest BCUT2D eigenvalue weighted by Gasteiger charge is -2.19. The first-order chi connectivity index (χ1) is 24.6. The molecule has 0 radical (unpaired) electrons. The molecule has 0 spiro atoms. The van der Waals surface area contributed by atoms with E-state index in [-0.39, 0.29) is 0 Å². The highest BCUT2D eigenvalue weighted by Gasteiger charge is 2.20. The Balaban J connectivity index is 1.39. The first-order valence-corrected chi connectivity index (χ1v) is 16.1. The Morgan fingerprint density at radius 3 is 1.32 bits per heavy atom. The number of fused-ring (bicyclic) bond motifs is 6. The molecule has 0 amide bonds. The number of nitrogens with zero attached hydrogens (tertiary/aromatic N) is 3. The molecule has 0 aliphatic carbocycles. The molecule has 2 aromatic heterocycles. The summed E-state index contributed by atoms with van der Waals surface area (Å²) < 4.78 is 12.4. The van der Waals surface area contributed by atoms with Gasteiger partial charge >= 0.3 is 0 Å². The van der Waals surface area contributed by atoms with Gasteiger partial charge in [-0.2, -0.15) is 15.8 Å². The van der Waals surface area contributed by atoms with E-state index in [1.165, 1.54) is 0 Å². The van der Waals surface area contributed by atoms with Crippen molar-refractivity contribution in [2.24, 2.45) is 0 Å². The molecule has 0 bridgehead atoms. The number of hydrogen-bond acceptors (Lipinski definition) is 5. The van der Waals surface area contributed by atoms with Crippen LogP contribution in [0.4, 0.5) is 0 Å². The molecule has 230 valence electrons. The second-order valence-electron chi connectivity index (χ2n) is 12.3. The standard InChI is InChI=1S/C45H23N3O2/c46-24-27-5-4-8-33(17-27)45-35(31-11-15-43-39(20-31)37-18-28(25-47)9-13-41(37)49-43)22-34(30-6-2-1-3-7-30)23-36(45)32-12-16-44-40(21-32)38-19-29(26-48)10-14-42(38)50-44/h1-23H. The van der Waals surface area contributed by atoms with Crippen LogP contribution in [0.15, 0.2) is 148 Å². The van der Waals surface area contributed by atoms with Gasteiger partial charge in [0.15, 0.2) is 0 Å². The van der Waals surface area contributed by atoms with Crippen molar-refractivity contribution in [2.75, 3.05) is 0 Å². The fourth-order valence-electron chi connectivity index (χ4n) is 6.98. The maximum absolute atomic E-state index is 9.93. The Hall–Kier alpha value is -7.39. The average molecular weight is 638 g/mol. The van der Waals surface area contributed by atoms with Gasteiger partial charge in [0.1, 0.15) is 22.3 Å². The lowest BCUT2D eigenvalue weighted by molar-refractivity contribution is 0.668. The van der Waals surface area contributed by atoms with Gasteiger partial charge in [0.05, 0.1) is 34.9 Å². The molecule has 7 aromatic carbocycles. The van der Waals surface area contributed by atoms with E-state index in [9.17, 15) is 15.8 Å². The second-order valence-corrected chi connectivity index (χ2v) is 12.3. The number of nitriles is 3. The van der Waals surface area contributed by atoms with Gasteiger partial charge in [-0.3, -0.25) is 0 Å². The summed E-state index contributed by atoms with van der Waals surface area (Å²) >= 11 is 0. The van der Waals surface area contributed by atoms with E-state index >= 15 is 0 Å². The van der Waals surface area contributed by atoms with Crippen LogP contribution in [0.25, 0.3) is 88.4 Å². The Morgan fingerprint density at radius 2 is 0.800 bits per heavy atom. The Morgan fingerprint density at radius 1 is 0.340 bits per heavy atom. The van der Waals surface area contributed by atoms with Crippen molar-refractivity contribution in [2.45, 2.75) is 0 Å². The predicted molar refractivity (Wildman–Crippen MR) is 197 cm³/mol. The van der Waals surface area contributed by atoms with Crippen LogP contribution < -0.4 is 0 Å². The molecule has 0 atom stereocenters. The van der Waals surface area contributed by atoms with E-state index in [2.05, 4.69) is 66.7 Å². The summed E-state index contributed by atoms with van der Waals surface area (Å²) in [6.07, 6.45) is 0. The summed E-state index contributed by atoms with van der Waals surface area (Å²) in [4.78, 5) is 0. The molecule has 5 heteroatoms. The molecule has 9 rings (SSSR count). The Kier molecular flexibility index (Phi) is 6.56. The summed E-state index contributed by atoms with van der Waals surface area (Å²) in [5.74, 6) is 0. The minimum Gasteiger partial charge on any atom is -0.456 e. The van der Waals surface area contributed by atoms with Crippen molar-refractivity contribution in [3.8, 4) is 62.7 Å². The van der Waals surface area contributed by atoms with Gasteiger partial charge < -0.3 is 8.83 Å². The molecule has 0 aliphatic heterocycles. The molecule has 0 N–H and O–H groups in total. The summed E-state index contributed by atoms with van der Waals surface area (Å²) in [5.41, 5.74) is 12.5. The smallest absolute Gasteiger partial charge is 0.135 e. The van der Waals surface area contributed by atoms with Gasteiger partial charge in [-0.05, 0) is 129 Å². The van der Waals surface area contributed by atoms with Crippen molar-refractivity contribution >= 4 is 43.9 Å². The van der Waals surface area contributed by atoms with E-state index in [1.807, 2.05) is 78.9 Å². The van der Waals surface area contributed by atoms with Gasteiger partial charge in [-0.1, -0.05) is 54.6 Å². The largest absolute Gasteiger partial charge is 0.456 e.